The van der Waals surface area contributed by atoms with Crippen LogP contribution in [0, 0.1) is 5.82 Å². The third-order valence-corrected chi connectivity index (χ3v) is 6.81. The van der Waals surface area contributed by atoms with Crippen molar-refractivity contribution in [1.82, 2.24) is 24.5 Å². The Hall–Kier alpha value is -3.31. The van der Waals surface area contributed by atoms with E-state index in [2.05, 4.69) is 15.2 Å². The third-order valence-electron chi connectivity index (χ3n) is 6.81. The van der Waals surface area contributed by atoms with Gasteiger partial charge in [-0.3, -0.25) is 9.30 Å². The molecule has 2 N–H and O–H groups in total. The van der Waals surface area contributed by atoms with Crippen LogP contribution in [0.1, 0.15) is 38.3 Å². The number of halogens is 4. The number of pyridine rings is 2. The Balaban J connectivity index is 1.57. The molecular weight excluding hydrogens is 476 g/mol. The van der Waals surface area contributed by atoms with Gasteiger partial charge in [0.15, 0.2) is 23.0 Å². The quantitative estimate of drug-likeness (QED) is 0.378. The van der Waals surface area contributed by atoms with Crippen molar-refractivity contribution in [2.45, 2.75) is 44.4 Å². The minimum atomic E-state index is -4.50. The summed E-state index contributed by atoms with van der Waals surface area (Å²) in [5, 5.41) is 8.84. The fraction of sp³-hybridized carbons (Fsp3) is 0.400. The molecule has 2 unspecified atom stereocenters. The van der Waals surface area contributed by atoms with Gasteiger partial charge in [0, 0.05) is 36.3 Å². The maximum atomic E-state index is 14.3. The number of hydrogen-bond donors (Lipinski definition) is 1. The van der Waals surface area contributed by atoms with Crippen molar-refractivity contribution in [2.24, 2.45) is 5.73 Å². The molecule has 190 valence electrons. The highest BCUT2D eigenvalue weighted by Gasteiger charge is 2.49. The summed E-state index contributed by atoms with van der Waals surface area (Å²) >= 11 is 0. The van der Waals surface area contributed by atoms with Crippen LogP contribution >= 0.6 is 0 Å². The van der Waals surface area contributed by atoms with Crippen LogP contribution in [-0.4, -0.2) is 55.9 Å². The van der Waals surface area contributed by atoms with Crippen LogP contribution in [0.5, 0.6) is 5.75 Å². The van der Waals surface area contributed by atoms with Crippen LogP contribution in [0.25, 0.3) is 28.1 Å². The first-order valence-corrected chi connectivity index (χ1v) is 11.8. The molecule has 1 aliphatic heterocycles. The SMILES string of the molecule is CCOc1cc2nc(-c3nnc4ccc(C(N5CCC(N)(CC)C5)C(F)(F)F)cn34)ccc2cc1F. The lowest BCUT2D eigenvalue weighted by molar-refractivity contribution is -0.184. The van der Waals surface area contributed by atoms with Gasteiger partial charge < -0.3 is 10.5 Å². The Kier molecular flexibility index (Phi) is 6.08. The first-order chi connectivity index (χ1) is 17.1. The summed E-state index contributed by atoms with van der Waals surface area (Å²) in [7, 11) is 0. The average Bonchev–Trinajstić information content (AvgIpc) is 3.43. The van der Waals surface area contributed by atoms with Gasteiger partial charge in [0.1, 0.15) is 11.7 Å². The van der Waals surface area contributed by atoms with Crippen LogP contribution in [0.2, 0.25) is 0 Å². The van der Waals surface area contributed by atoms with E-state index in [9.17, 15) is 17.6 Å². The van der Waals surface area contributed by atoms with E-state index >= 15 is 0 Å². The largest absolute Gasteiger partial charge is 0.491 e. The van der Waals surface area contributed by atoms with E-state index in [1.54, 1.807) is 19.1 Å². The minimum Gasteiger partial charge on any atom is -0.491 e. The van der Waals surface area contributed by atoms with Gasteiger partial charge in [-0.2, -0.15) is 13.2 Å². The Morgan fingerprint density at radius 3 is 2.64 bits per heavy atom. The molecule has 0 saturated carbocycles. The van der Waals surface area contributed by atoms with Crippen molar-refractivity contribution in [3.63, 3.8) is 0 Å². The maximum absolute atomic E-state index is 14.3. The molecule has 2 atom stereocenters. The second-order valence-electron chi connectivity index (χ2n) is 9.20. The van der Waals surface area contributed by atoms with Gasteiger partial charge in [0.2, 0.25) is 0 Å². The van der Waals surface area contributed by atoms with Gasteiger partial charge in [0.25, 0.3) is 0 Å². The lowest BCUT2D eigenvalue weighted by atomic mass is 9.97. The van der Waals surface area contributed by atoms with Crippen molar-refractivity contribution < 1.29 is 22.3 Å². The number of fused-ring (bicyclic) bond motifs is 2. The molecule has 1 fully saturated rings. The average molecular weight is 503 g/mol. The van der Waals surface area contributed by atoms with Gasteiger partial charge in [-0.1, -0.05) is 19.1 Å². The number of nitrogens with zero attached hydrogens (tertiary/aromatic N) is 5. The molecule has 0 radical (unpaired) electrons. The molecule has 7 nitrogen and oxygen atoms in total. The Morgan fingerprint density at radius 1 is 1.14 bits per heavy atom. The molecule has 1 aliphatic rings. The van der Waals surface area contributed by atoms with E-state index in [0.29, 0.717) is 41.7 Å². The monoisotopic (exact) mass is 502 g/mol. The van der Waals surface area contributed by atoms with E-state index in [1.807, 2.05) is 6.92 Å². The van der Waals surface area contributed by atoms with E-state index in [4.69, 9.17) is 10.5 Å². The van der Waals surface area contributed by atoms with E-state index < -0.39 is 23.6 Å². The number of ether oxygens (including phenoxy) is 1. The predicted molar refractivity (Wildman–Crippen MR) is 127 cm³/mol. The first kappa shape index (κ1) is 24.4. The number of benzene rings is 1. The van der Waals surface area contributed by atoms with Crippen molar-refractivity contribution in [3.8, 4) is 17.3 Å². The fourth-order valence-corrected chi connectivity index (χ4v) is 4.80. The Morgan fingerprint density at radius 2 is 1.94 bits per heavy atom. The minimum absolute atomic E-state index is 0.0675. The van der Waals surface area contributed by atoms with Gasteiger partial charge >= 0.3 is 6.18 Å². The molecule has 5 rings (SSSR count). The van der Waals surface area contributed by atoms with Crippen LogP contribution in [-0.2, 0) is 0 Å². The molecule has 0 spiro atoms. The van der Waals surface area contributed by atoms with E-state index in [1.165, 1.54) is 39.8 Å². The molecule has 11 heteroatoms. The van der Waals surface area contributed by atoms with Gasteiger partial charge in [-0.05, 0) is 43.5 Å². The summed E-state index contributed by atoms with van der Waals surface area (Å²) in [6.07, 6.45) is -1.98. The molecule has 4 heterocycles. The summed E-state index contributed by atoms with van der Waals surface area (Å²) < 4.78 is 63.9. The van der Waals surface area contributed by atoms with Crippen LogP contribution in [0.15, 0.2) is 42.6 Å². The van der Waals surface area contributed by atoms with Gasteiger partial charge in [-0.25, -0.2) is 9.37 Å². The van der Waals surface area contributed by atoms with Gasteiger partial charge in [0.05, 0.1) is 12.1 Å². The highest BCUT2D eigenvalue weighted by molar-refractivity contribution is 5.82. The number of likely N-dealkylation sites (tertiary alicyclic amines) is 1. The lowest BCUT2D eigenvalue weighted by Gasteiger charge is -2.31. The van der Waals surface area contributed by atoms with Crippen molar-refractivity contribution in [2.75, 3.05) is 19.7 Å². The van der Waals surface area contributed by atoms with Crippen molar-refractivity contribution in [3.05, 3.63) is 54.0 Å². The molecule has 0 aliphatic carbocycles. The topological polar surface area (TPSA) is 81.6 Å². The second-order valence-corrected chi connectivity index (χ2v) is 9.20. The zero-order chi connectivity index (χ0) is 25.7. The third kappa shape index (κ3) is 4.37. The molecular formula is C25H26F4N6O. The molecule has 1 aromatic carbocycles. The summed E-state index contributed by atoms with van der Waals surface area (Å²) in [6.45, 7) is 4.35. The highest BCUT2D eigenvalue weighted by Crippen LogP contribution is 2.41. The standard InChI is InChI=1S/C25H26F4N6O/c1-3-24(30)9-10-34(14-24)22(25(27,28)29)16-6-8-21-32-33-23(35(21)13-16)18-7-5-15-11-17(26)20(36-4-2)12-19(15)31-18/h5-8,11-13,22H,3-4,9-10,14,30H2,1-2H3. The molecule has 0 amide bonds. The smallest absolute Gasteiger partial charge is 0.408 e. The zero-order valence-corrected chi connectivity index (χ0v) is 19.9. The van der Waals surface area contributed by atoms with Crippen LogP contribution in [0.3, 0.4) is 0 Å². The number of alkyl halides is 3. The van der Waals surface area contributed by atoms with Crippen molar-refractivity contribution >= 4 is 16.6 Å². The second kappa shape index (κ2) is 8.97. The number of nitrogens with two attached hydrogens (primary N) is 1. The first-order valence-electron chi connectivity index (χ1n) is 11.8. The fourth-order valence-electron chi connectivity index (χ4n) is 4.80. The van der Waals surface area contributed by atoms with Crippen LogP contribution in [0.4, 0.5) is 17.6 Å². The lowest BCUT2D eigenvalue weighted by Crippen LogP contribution is -2.44. The van der Waals surface area contributed by atoms with Crippen LogP contribution < -0.4 is 10.5 Å². The number of aromatic nitrogens is 4. The van der Waals surface area contributed by atoms with E-state index in [-0.39, 0.29) is 30.2 Å². The Bertz CT molecular complexity index is 1420. The Labute approximate surface area is 204 Å². The molecule has 0 bridgehead atoms. The molecule has 3 aromatic heterocycles. The maximum Gasteiger partial charge on any atom is 0.408 e. The summed E-state index contributed by atoms with van der Waals surface area (Å²) in [6, 6.07) is 7.27. The summed E-state index contributed by atoms with van der Waals surface area (Å²) in [4.78, 5) is 5.96. The molecule has 1 saturated heterocycles. The highest BCUT2D eigenvalue weighted by atomic mass is 19.4. The van der Waals surface area contributed by atoms with E-state index in [0.717, 1.165) is 0 Å². The summed E-state index contributed by atoms with van der Waals surface area (Å²) in [5.41, 5.74) is 6.96. The zero-order valence-electron chi connectivity index (χ0n) is 19.9. The molecule has 4 aromatic rings. The normalized spacial score (nSPS) is 19.9. The number of hydrogen-bond acceptors (Lipinski definition) is 6. The number of rotatable bonds is 6. The molecule has 36 heavy (non-hydrogen) atoms. The van der Waals surface area contributed by atoms with Crippen molar-refractivity contribution in [1.29, 1.82) is 0 Å². The summed E-state index contributed by atoms with van der Waals surface area (Å²) in [5.74, 6) is -0.147. The van der Waals surface area contributed by atoms with Gasteiger partial charge in [-0.15, -0.1) is 10.2 Å². The predicted octanol–water partition coefficient (Wildman–Crippen LogP) is 4.90.